The Bertz CT molecular complexity index is 226. The van der Waals surface area contributed by atoms with Crippen LogP contribution in [0.5, 0.6) is 0 Å². The molecule has 0 N–H and O–H groups in total. The molecule has 0 saturated heterocycles. The van der Waals surface area contributed by atoms with Crippen LogP contribution in [0.2, 0.25) is 5.28 Å². The van der Waals surface area contributed by atoms with Crippen LogP contribution in [0.25, 0.3) is 0 Å². The van der Waals surface area contributed by atoms with E-state index in [2.05, 4.69) is 4.98 Å². The lowest BCUT2D eigenvalue weighted by Crippen LogP contribution is -2.27. The van der Waals surface area contributed by atoms with Crippen molar-refractivity contribution in [3.63, 3.8) is 0 Å². The summed E-state index contributed by atoms with van der Waals surface area (Å²) in [5, 5.41) is 10.5. The molecule has 0 unspecified atom stereocenters. The van der Waals surface area contributed by atoms with Gasteiger partial charge in [-0.15, -0.1) is 0 Å². The van der Waals surface area contributed by atoms with Crippen molar-refractivity contribution >= 4 is 11.6 Å². The highest BCUT2D eigenvalue weighted by atomic mass is 35.5. The average molecular weight is 145 g/mol. The van der Waals surface area contributed by atoms with Crippen LogP contribution in [0.15, 0.2) is 12.3 Å². The van der Waals surface area contributed by atoms with E-state index >= 15 is 0 Å². The van der Waals surface area contributed by atoms with Gasteiger partial charge in [0.2, 0.25) is 0 Å². The second-order valence-corrected chi connectivity index (χ2v) is 2.00. The molecule has 0 aromatic carbocycles. The summed E-state index contributed by atoms with van der Waals surface area (Å²) in [7, 11) is 0. The molecule has 0 aliphatic heterocycles. The largest absolute Gasteiger partial charge is 0.710 e. The molecular formula is C5H5ClN2O. The van der Waals surface area contributed by atoms with Gasteiger partial charge in [-0.3, -0.25) is 0 Å². The van der Waals surface area contributed by atoms with Gasteiger partial charge in [-0.2, -0.15) is 0 Å². The van der Waals surface area contributed by atoms with Gasteiger partial charge >= 0.3 is 5.28 Å². The molecule has 0 spiro atoms. The number of halogens is 1. The molecule has 4 heteroatoms. The second kappa shape index (κ2) is 2.19. The molecule has 3 nitrogen and oxygen atoms in total. The topological polar surface area (TPSA) is 39.8 Å². The highest BCUT2D eigenvalue weighted by molar-refractivity contribution is 6.27. The molecule has 0 aliphatic rings. The van der Waals surface area contributed by atoms with Gasteiger partial charge < -0.3 is 5.21 Å². The maximum Gasteiger partial charge on any atom is 0.399 e. The number of hydrogen-bond acceptors (Lipinski definition) is 2. The van der Waals surface area contributed by atoms with E-state index in [4.69, 9.17) is 11.6 Å². The van der Waals surface area contributed by atoms with Crippen molar-refractivity contribution in [2.45, 2.75) is 6.92 Å². The first-order chi connectivity index (χ1) is 4.20. The minimum atomic E-state index is -0.0324. The third-order valence-electron chi connectivity index (χ3n) is 0.902. The van der Waals surface area contributed by atoms with Crippen molar-refractivity contribution in [1.29, 1.82) is 0 Å². The van der Waals surface area contributed by atoms with Gasteiger partial charge in [0.25, 0.3) is 0 Å². The fourth-order valence-corrected chi connectivity index (χ4v) is 0.659. The van der Waals surface area contributed by atoms with Gasteiger partial charge in [-0.25, -0.2) is 4.73 Å². The van der Waals surface area contributed by atoms with E-state index in [1.165, 1.54) is 6.20 Å². The molecule has 0 fully saturated rings. The molecular weight excluding hydrogens is 140 g/mol. The first kappa shape index (κ1) is 6.29. The monoisotopic (exact) mass is 144 g/mol. The molecule has 1 heterocycles. The second-order valence-electron chi connectivity index (χ2n) is 1.66. The van der Waals surface area contributed by atoms with Crippen LogP contribution in [0, 0.1) is 12.1 Å². The van der Waals surface area contributed by atoms with Crippen molar-refractivity contribution in [3.8, 4) is 0 Å². The van der Waals surface area contributed by atoms with E-state index in [1.807, 2.05) is 0 Å². The third kappa shape index (κ3) is 1.29. The highest BCUT2D eigenvalue weighted by Crippen LogP contribution is 1.95. The SMILES string of the molecule is Cc1cc[n+]([O-])c(Cl)n1. The Labute approximate surface area is 57.5 Å². The van der Waals surface area contributed by atoms with E-state index < -0.39 is 0 Å². The molecule has 1 rings (SSSR count). The van der Waals surface area contributed by atoms with Crippen LogP contribution >= 0.6 is 11.6 Å². The summed E-state index contributed by atoms with van der Waals surface area (Å²) in [6.45, 7) is 1.77. The lowest BCUT2D eigenvalue weighted by molar-refractivity contribution is -0.606. The van der Waals surface area contributed by atoms with E-state index in [-0.39, 0.29) is 5.28 Å². The number of nitrogens with zero attached hydrogens (tertiary/aromatic N) is 2. The molecule has 0 atom stereocenters. The first-order valence-electron chi connectivity index (χ1n) is 2.42. The summed E-state index contributed by atoms with van der Waals surface area (Å²) in [4.78, 5) is 3.69. The zero-order valence-corrected chi connectivity index (χ0v) is 5.59. The standard InChI is InChI=1S/C5H5ClN2O/c1-4-2-3-8(9)5(6)7-4/h2-3H,1H3. The van der Waals surface area contributed by atoms with Crippen molar-refractivity contribution in [2.24, 2.45) is 0 Å². The van der Waals surface area contributed by atoms with Crippen LogP contribution in [0.1, 0.15) is 5.69 Å². The van der Waals surface area contributed by atoms with Gasteiger partial charge in [0.05, 0.1) is 6.20 Å². The Morgan fingerprint density at radius 3 is 2.89 bits per heavy atom. The van der Waals surface area contributed by atoms with Gasteiger partial charge in [-0.05, 0) is 4.98 Å². The summed E-state index contributed by atoms with van der Waals surface area (Å²) in [6.07, 6.45) is 1.32. The minimum absolute atomic E-state index is 0.0324. The summed E-state index contributed by atoms with van der Waals surface area (Å²) in [6, 6.07) is 1.60. The van der Waals surface area contributed by atoms with Crippen molar-refractivity contribution < 1.29 is 4.73 Å². The van der Waals surface area contributed by atoms with E-state index in [9.17, 15) is 5.21 Å². The fourth-order valence-electron chi connectivity index (χ4n) is 0.469. The van der Waals surface area contributed by atoms with Crippen LogP contribution in [-0.4, -0.2) is 4.98 Å². The van der Waals surface area contributed by atoms with Crippen LogP contribution in [0.3, 0.4) is 0 Å². The van der Waals surface area contributed by atoms with Crippen LogP contribution in [-0.2, 0) is 0 Å². The third-order valence-corrected chi connectivity index (χ3v) is 1.15. The van der Waals surface area contributed by atoms with E-state index in [0.717, 1.165) is 5.69 Å². The Balaban J connectivity index is 3.17. The molecule has 0 bridgehead atoms. The molecule has 0 radical (unpaired) electrons. The Morgan fingerprint density at radius 1 is 1.78 bits per heavy atom. The smallest absolute Gasteiger partial charge is 0.399 e. The first-order valence-corrected chi connectivity index (χ1v) is 2.80. The predicted molar refractivity (Wildman–Crippen MR) is 32.9 cm³/mol. The van der Waals surface area contributed by atoms with Crippen molar-refractivity contribution in [2.75, 3.05) is 0 Å². The van der Waals surface area contributed by atoms with Crippen LogP contribution in [0.4, 0.5) is 0 Å². The van der Waals surface area contributed by atoms with Gasteiger partial charge in [0, 0.05) is 24.6 Å². The maximum atomic E-state index is 10.5. The van der Waals surface area contributed by atoms with Crippen molar-refractivity contribution in [1.82, 2.24) is 4.98 Å². The molecule has 0 amide bonds. The summed E-state index contributed by atoms with van der Waals surface area (Å²) >= 11 is 5.35. The molecule has 9 heavy (non-hydrogen) atoms. The van der Waals surface area contributed by atoms with Gasteiger partial charge in [0.15, 0.2) is 5.69 Å². The Morgan fingerprint density at radius 2 is 2.44 bits per heavy atom. The van der Waals surface area contributed by atoms with Gasteiger partial charge in [0.1, 0.15) is 0 Å². The summed E-state index contributed by atoms with van der Waals surface area (Å²) in [5.41, 5.74) is 0.743. The lowest BCUT2D eigenvalue weighted by Gasteiger charge is -1.97. The fraction of sp³-hybridized carbons (Fsp3) is 0.200. The number of aromatic nitrogens is 2. The molecule has 0 saturated carbocycles. The zero-order chi connectivity index (χ0) is 6.85. The quantitative estimate of drug-likeness (QED) is 0.305. The molecule has 0 aliphatic carbocycles. The minimum Gasteiger partial charge on any atom is -0.710 e. The zero-order valence-electron chi connectivity index (χ0n) is 4.84. The summed E-state index contributed by atoms with van der Waals surface area (Å²) < 4.78 is 0.508. The van der Waals surface area contributed by atoms with Crippen molar-refractivity contribution in [3.05, 3.63) is 28.4 Å². The lowest BCUT2D eigenvalue weighted by atomic mass is 10.5. The van der Waals surface area contributed by atoms with E-state index in [1.54, 1.807) is 13.0 Å². The normalized spacial score (nSPS) is 9.56. The maximum absolute atomic E-state index is 10.5. The summed E-state index contributed by atoms with van der Waals surface area (Å²) in [5.74, 6) is 0. The highest BCUT2D eigenvalue weighted by Gasteiger charge is 2.01. The van der Waals surface area contributed by atoms with E-state index in [0.29, 0.717) is 4.73 Å². The predicted octanol–water partition coefficient (Wildman–Crippen LogP) is 0.677. The number of rotatable bonds is 0. The molecule has 1 aromatic rings. The average Bonchev–Trinajstić information content (AvgIpc) is 1.80. The Kier molecular flexibility index (Phi) is 1.53. The Hall–Kier alpha value is -0.830. The molecule has 48 valence electrons. The number of aryl methyl sites for hydroxylation is 1. The molecule has 1 aromatic heterocycles. The van der Waals surface area contributed by atoms with Gasteiger partial charge in [-0.1, -0.05) is 0 Å². The number of hydrogen-bond donors (Lipinski definition) is 0. The van der Waals surface area contributed by atoms with Crippen LogP contribution < -0.4 is 4.73 Å².